The molecule has 0 aromatic heterocycles. The van der Waals surface area contributed by atoms with Gasteiger partial charge in [0.05, 0.1) is 6.04 Å². The molecule has 1 heterocycles. The van der Waals surface area contributed by atoms with Crippen LogP contribution in [-0.2, 0) is 4.79 Å². The number of hydrogen-bond acceptors (Lipinski definition) is 3. The number of nitrogens with zero attached hydrogens (tertiary/aromatic N) is 1. The highest BCUT2D eigenvalue weighted by molar-refractivity contribution is 5.81. The van der Waals surface area contributed by atoms with E-state index in [1.807, 2.05) is 20.8 Å². The van der Waals surface area contributed by atoms with Crippen molar-refractivity contribution in [3.8, 4) is 0 Å². The van der Waals surface area contributed by atoms with Crippen molar-refractivity contribution in [1.82, 2.24) is 10.2 Å². The van der Waals surface area contributed by atoms with E-state index in [1.54, 1.807) is 0 Å². The van der Waals surface area contributed by atoms with E-state index in [1.165, 1.54) is 0 Å². The first-order chi connectivity index (χ1) is 7.45. The molecular weight excluding hydrogens is 202 g/mol. The summed E-state index contributed by atoms with van der Waals surface area (Å²) in [6.07, 6.45) is 1.11. The van der Waals surface area contributed by atoms with Crippen LogP contribution in [0.5, 0.6) is 0 Å². The van der Waals surface area contributed by atoms with Crippen molar-refractivity contribution in [3.63, 3.8) is 0 Å². The Morgan fingerprint density at radius 3 is 2.56 bits per heavy atom. The number of likely N-dealkylation sites (tertiary alicyclic amines) is 1. The molecule has 0 spiro atoms. The number of nitrogens with two attached hydrogens (primary N) is 1. The highest BCUT2D eigenvalue weighted by atomic mass is 16.2. The molecule has 3 N–H and O–H groups in total. The zero-order valence-corrected chi connectivity index (χ0v) is 10.9. The minimum atomic E-state index is -0.0473. The van der Waals surface area contributed by atoms with Crippen molar-refractivity contribution in [1.29, 1.82) is 0 Å². The van der Waals surface area contributed by atoms with Crippen LogP contribution in [0, 0.1) is 5.92 Å². The lowest BCUT2D eigenvalue weighted by Gasteiger charge is -2.28. The van der Waals surface area contributed by atoms with Gasteiger partial charge in [0.2, 0.25) is 5.91 Å². The smallest absolute Gasteiger partial charge is 0.237 e. The van der Waals surface area contributed by atoms with Gasteiger partial charge >= 0.3 is 0 Å². The third kappa shape index (κ3) is 3.19. The van der Waals surface area contributed by atoms with E-state index in [0.29, 0.717) is 12.0 Å². The monoisotopic (exact) mass is 227 g/mol. The van der Waals surface area contributed by atoms with Crippen LogP contribution in [0.25, 0.3) is 0 Å². The van der Waals surface area contributed by atoms with Crippen molar-refractivity contribution in [2.24, 2.45) is 11.7 Å². The summed E-state index contributed by atoms with van der Waals surface area (Å²) in [5, 5.41) is 2.96. The van der Waals surface area contributed by atoms with Crippen LogP contribution in [0.4, 0.5) is 0 Å². The molecule has 0 aliphatic carbocycles. The molecule has 0 aromatic carbocycles. The van der Waals surface area contributed by atoms with E-state index in [2.05, 4.69) is 17.1 Å². The van der Waals surface area contributed by atoms with Crippen LogP contribution in [0.3, 0.4) is 0 Å². The Morgan fingerprint density at radius 1 is 1.50 bits per heavy atom. The molecule has 1 aliphatic rings. The third-order valence-electron chi connectivity index (χ3n) is 3.35. The van der Waals surface area contributed by atoms with Gasteiger partial charge in [0.1, 0.15) is 0 Å². The van der Waals surface area contributed by atoms with Crippen LogP contribution >= 0.6 is 0 Å². The van der Waals surface area contributed by atoms with Gasteiger partial charge < -0.3 is 11.1 Å². The van der Waals surface area contributed by atoms with Crippen molar-refractivity contribution in [2.45, 2.75) is 52.2 Å². The highest BCUT2D eigenvalue weighted by Crippen LogP contribution is 2.24. The molecule has 0 saturated carbocycles. The second-order valence-electron chi connectivity index (χ2n) is 5.22. The van der Waals surface area contributed by atoms with Crippen LogP contribution in [-0.4, -0.2) is 42.0 Å². The molecule has 94 valence electrons. The predicted octanol–water partition coefficient (Wildman–Crippen LogP) is 0.569. The summed E-state index contributed by atoms with van der Waals surface area (Å²) in [6, 6.07) is 0.619. The maximum Gasteiger partial charge on any atom is 0.237 e. The Hall–Kier alpha value is -0.610. The number of amides is 1. The third-order valence-corrected chi connectivity index (χ3v) is 3.35. The first kappa shape index (κ1) is 13.5. The summed E-state index contributed by atoms with van der Waals surface area (Å²) < 4.78 is 0. The van der Waals surface area contributed by atoms with Crippen LogP contribution in [0.2, 0.25) is 0 Å². The van der Waals surface area contributed by atoms with Crippen molar-refractivity contribution >= 4 is 5.91 Å². The maximum atomic E-state index is 11.9. The Labute approximate surface area is 98.6 Å². The van der Waals surface area contributed by atoms with Gasteiger partial charge in [0.25, 0.3) is 0 Å². The van der Waals surface area contributed by atoms with Crippen molar-refractivity contribution in [3.05, 3.63) is 0 Å². The van der Waals surface area contributed by atoms with E-state index in [-0.39, 0.29) is 18.0 Å². The van der Waals surface area contributed by atoms with Crippen LogP contribution < -0.4 is 11.1 Å². The molecule has 4 heteroatoms. The lowest BCUT2D eigenvalue weighted by Crippen LogP contribution is -2.48. The molecule has 16 heavy (non-hydrogen) atoms. The standard InChI is InChI=1S/C12H25N3O/c1-8(2)14-12(16)10(4)15-7-11(6-13)5-9(15)3/h8-11H,5-7,13H2,1-4H3,(H,14,16). The largest absolute Gasteiger partial charge is 0.353 e. The van der Waals surface area contributed by atoms with E-state index in [9.17, 15) is 4.79 Å². The van der Waals surface area contributed by atoms with Gasteiger partial charge in [0.15, 0.2) is 0 Å². The van der Waals surface area contributed by atoms with Gasteiger partial charge in [-0.25, -0.2) is 0 Å². The summed E-state index contributed by atoms with van der Waals surface area (Å²) >= 11 is 0. The molecule has 1 aliphatic heterocycles. The molecule has 1 saturated heterocycles. The number of carbonyl (C=O) groups excluding carboxylic acids is 1. The molecule has 1 amide bonds. The van der Waals surface area contributed by atoms with E-state index < -0.39 is 0 Å². The average Bonchev–Trinajstić information content (AvgIpc) is 2.57. The minimum Gasteiger partial charge on any atom is -0.353 e. The first-order valence-corrected chi connectivity index (χ1v) is 6.21. The summed E-state index contributed by atoms with van der Waals surface area (Å²) in [5.74, 6) is 0.670. The first-order valence-electron chi connectivity index (χ1n) is 6.21. The number of rotatable bonds is 4. The zero-order chi connectivity index (χ0) is 12.3. The molecule has 3 atom stereocenters. The SMILES string of the molecule is CC(C)NC(=O)C(C)N1CC(CN)CC1C. The van der Waals surface area contributed by atoms with Gasteiger partial charge in [-0.2, -0.15) is 0 Å². The van der Waals surface area contributed by atoms with E-state index in [0.717, 1.165) is 19.5 Å². The number of hydrogen-bond donors (Lipinski definition) is 2. The minimum absolute atomic E-state index is 0.0473. The number of carbonyl (C=O) groups is 1. The lowest BCUT2D eigenvalue weighted by atomic mass is 10.1. The Kier molecular flexibility index (Phi) is 4.74. The fourth-order valence-electron chi connectivity index (χ4n) is 2.44. The van der Waals surface area contributed by atoms with Gasteiger partial charge in [-0.1, -0.05) is 0 Å². The van der Waals surface area contributed by atoms with E-state index >= 15 is 0 Å². The Balaban J connectivity index is 2.53. The molecule has 4 nitrogen and oxygen atoms in total. The molecule has 1 fully saturated rings. The van der Waals surface area contributed by atoms with Crippen molar-refractivity contribution in [2.75, 3.05) is 13.1 Å². The second kappa shape index (κ2) is 5.64. The van der Waals surface area contributed by atoms with Crippen LogP contribution in [0.15, 0.2) is 0 Å². The molecule has 3 unspecified atom stereocenters. The highest BCUT2D eigenvalue weighted by Gasteiger charge is 2.34. The van der Waals surface area contributed by atoms with Gasteiger partial charge in [-0.3, -0.25) is 9.69 Å². The average molecular weight is 227 g/mol. The lowest BCUT2D eigenvalue weighted by molar-refractivity contribution is -0.126. The quantitative estimate of drug-likeness (QED) is 0.738. The second-order valence-corrected chi connectivity index (χ2v) is 5.22. The summed E-state index contributed by atoms with van der Waals surface area (Å²) in [5.41, 5.74) is 5.69. The summed E-state index contributed by atoms with van der Waals surface area (Å²) in [7, 11) is 0. The van der Waals surface area contributed by atoms with Crippen LogP contribution in [0.1, 0.15) is 34.1 Å². The Bertz CT molecular complexity index is 242. The maximum absolute atomic E-state index is 11.9. The molecular formula is C12H25N3O. The fraction of sp³-hybridized carbons (Fsp3) is 0.917. The summed E-state index contributed by atoms with van der Waals surface area (Å²) in [6.45, 7) is 9.80. The topological polar surface area (TPSA) is 58.4 Å². The normalized spacial score (nSPS) is 28.4. The molecule has 1 rings (SSSR count). The van der Waals surface area contributed by atoms with Gasteiger partial charge in [0, 0.05) is 18.6 Å². The fourth-order valence-corrected chi connectivity index (χ4v) is 2.44. The molecule has 0 radical (unpaired) electrons. The van der Waals surface area contributed by atoms with Gasteiger partial charge in [-0.05, 0) is 46.6 Å². The zero-order valence-electron chi connectivity index (χ0n) is 10.9. The summed E-state index contributed by atoms with van der Waals surface area (Å²) in [4.78, 5) is 14.2. The van der Waals surface area contributed by atoms with Gasteiger partial charge in [-0.15, -0.1) is 0 Å². The predicted molar refractivity (Wildman–Crippen MR) is 66.1 cm³/mol. The van der Waals surface area contributed by atoms with E-state index in [4.69, 9.17) is 5.73 Å². The van der Waals surface area contributed by atoms with Crippen molar-refractivity contribution < 1.29 is 4.79 Å². The Morgan fingerprint density at radius 2 is 2.12 bits per heavy atom. The molecule has 0 bridgehead atoms. The molecule has 0 aromatic rings. The number of nitrogens with one attached hydrogen (secondary N) is 1.